The van der Waals surface area contributed by atoms with Crippen LogP contribution in [0.5, 0.6) is 0 Å². The Hall–Kier alpha value is -5.26. The molecule has 0 aliphatic rings. The maximum atomic E-state index is 13.3. The van der Waals surface area contributed by atoms with E-state index in [1.54, 1.807) is 48.5 Å². The van der Waals surface area contributed by atoms with E-state index in [9.17, 15) is 22.8 Å². The number of nitrogens with one attached hydrogen (secondary N) is 2. The number of anilines is 3. The number of nitrogen functional groups attached to an aromatic ring is 1. The van der Waals surface area contributed by atoms with Gasteiger partial charge in [-0.1, -0.05) is 42.1 Å². The normalized spacial score (nSPS) is 11.1. The summed E-state index contributed by atoms with van der Waals surface area (Å²) in [4.78, 5) is 39.0. The molecule has 0 atom stereocenters. The third-order valence-corrected chi connectivity index (χ3v) is 10.0. The van der Waals surface area contributed by atoms with Crippen molar-refractivity contribution < 1.29 is 27.4 Å². The van der Waals surface area contributed by atoms with E-state index in [4.69, 9.17) is 5.73 Å². The minimum atomic E-state index is -3.87. The predicted octanol–water partition coefficient (Wildman–Crippen LogP) is 6.38. The van der Waals surface area contributed by atoms with Crippen molar-refractivity contribution in [3.8, 4) is 0 Å². The van der Waals surface area contributed by atoms with Crippen molar-refractivity contribution in [2.75, 3.05) is 16.4 Å². The fourth-order valence-electron chi connectivity index (χ4n) is 4.74. The fourth-order valence-corrected chi connectivity index (χ4v) is 6.91. The second-order valence-electron chi connectivity index (χ2n) is 10.6. The Kier molecular flexibility index (Phi) is 10.8. The molecule has 1 aromatic heterocycles. The van der Waals surface area contributed by atoms with Crippen LogP contribution in [0.15, 0.2) is 142 Å². The number of rotatable bonds is 12. The first-order valence-electron chi connectivity index (χ1n) is 14.9. The van der Waals surface area contributed by atoms with Crippen molar-refractivity contribution in [1.82, 2.24) is 0 Å². The first-order valence-corrected chi connectivity index (χ1v) is 17.2. The Morgan fingerprint density at radius 3 is 1.77 bits per heavy atom. The largest absolute Gasteiger partial charge is 0.398 e. The third kappa shape index (κ3) is 8.72. The molecule has 0 bridgehead atoms. The standard InChI is InChI=1S/C36H32N4O5S2/c37-32-12-4-2-10-30(32)35(42)38-26-15-19-28(20-16-26)47(44,45)29-21-17-27(18-22-29)39-36(43)31-11-3-5-13-33(31)46-34(41)14-6-9-25-40-23-7-1-8-24-40/h1-5,7-8,10-13,15-24H,6,9,14,25H2,(H3-,37,38,39,42,43)/p+1. The van der Waals surface area contributed by atoms with Gasteiger partial charge in [-0.25, -0.2) is 13.0 Å². The zero-order chi connectivity index (χ0) is 33.2. The maximum absolute atomic E-state index is 13.3. The third-order valence-electron chi connectivity index (χ3n) is 7.23. The number of nitrogens with two attached hydrogens (primary N) is 1. The minimum Gasteiger partial charge on any atom is -0.398 e. The number of thioether (sulfide) groups is 1. The van der Waals surface area contributed by atoms with E-state index in [-0.39, 0.29) is 14.9 Å². The SMILES string of the molecule is Nc1ccccc1C(=O)Nc1ccc(S(=O)(=O)c2ccc(NC(=O)c3ccccc3SC(=O)CCCC[n+]3ccccc3)cc2)cc1. The molecule has 1 heterocycles. The number of aryl methyl sites for hydroxylation is 1. The summed E-state index contributed by atoms with van der Waals surface area (Å²) in [6.45, 7) is 0.829. The Morgan fingerprint density at radius 1 is 0.638 bits per heavy atom. The average molecular weight is 666 g/mol. The van der Waals surface area contributed by atoms with Crippen molar-refractivity contribution >= 4 is 55.6 Å². The Labute approximate surface area is 277 Å². The van der Waals surface area contributed by atoms with Gasteiger partial charge in [-0.3, -0.25) is 14.4 Å². The number of amides is 2. The lowest BCUT2D eigenvalue weighted by Gasteiger charge is -2.11. The molecule has 0 spiro atoms. The first-order chi connectivity index (χ1) is 22.7. The molecule has 5 aromatic rings. The molecule has 4 aromatic carbocycles. The summed E-state index contributed by atoms with van der Waals surface area (Å²) >= 11 is 1.05. The Bertz CT molecular complexity index is 1980. The van der Waals surface area contributed by atoms with Crippen molar-refractivity contribution in [3.63, 3.8) is 0 Å². The number of hydrogen-bond acceptors (Lipinski definition) is 7. The highest BCUT2D eigenvalue weighted by atomic mass is 32.2. The van der Waals surface area contributed by atoms with E-state index in [2.05, 4.69) is 15.2 Å². The van der Waals surface area contributed by atoms with Crippen LogP contribution in [-0.4, -0.2) is 25.3 Å². The molecule has 2 amide bonds. The highest BCUT2D eigenvalue weighted by Gasteiger charge is 2.19. The van der Waals surface area contributed by atoms with Crippen LogP contribution in [0.2, 0.25) is 0 Å². The molecular weight excluding hydrogens is 633 g/mol. The number of para-hydroxylation sites is 1. The topological polar surface area (TPSA) is 139 Å². The number of aromatic nitrogens is 1. The van der Waals surface area contributed by atoms with Gasteiger partial charge in [-0.15, -0.1) is 0 Å². The van der Waals surface area contributed by atoms with Gasteiger partial charge >= 0.3 is 0 Å². The van der Waals surface area contributed by atoms with Crippen LogP contribution < -0.4 is 20.9 Å². The van der Waals surface area contributed by atoms with E-state index < -0.39 is 21.7 Å². The number of unbranched alkanes of at least 4 members (excludes halogenated alkanes) is 1. The number of nitrogens with zero attached hydrogens (tertiary/aromatic N) is 1. The molecule has 11 heteroatoms. The summed E-state index contributed by atoms with van der Waals surface area (Å²) in [6, 6.07) is 31.1. The molecule has 238 valence electrons. The number of benzene rings is 4. The lowest BCUT2D eigenvalue weighted by molar-refractivity contribution is -0.697. The molecule has 0 fully saturated rings. The van der Waals surface area contributed by atoms with Gasteiger partial charge in [0.25, 0.3) is 11.8 Å². The van der Waals surface area contributed by atoms with Crippen LogP contribution in [0.1, 0.15) is 40.0 Å². The van der Waals surface area contributed by atoms with Crippen molar-refractivity contribution in [2.24, 2.45) is 0 Å². The number of sulfone groups is 1. The van der Waals surface area contributed by atoms with Gasteiger partial charge in [0.15, 0.2) is 17.5 Å². The highest BCUT2D eigenvalue weighted by molar-refractivity contribution is 8.13. The van der Waals surface area contributed by atoms with Gasteiger partial charge < -0.3 is 16.4 Å². The molecular formula is C36H33N4O5S2+. The van der Waals surface area contributed by atoms with E-state index in [0.717, 1.165) is 31.1 Å². The molecule has 0 saturated heterocycles. The predicted molar refractivity (Wildman–Crippen MR) is 183 cm³/mol. The Morgan fingerprint density at radius 2 is 1.17 bits per heavy atom. The van der Waals surface area contributed by atoms with Crippen molar-refractivity contribution in [3.05, 3.63) is 139 Å². The zero-order valence-corrected chi connectivity index (χ0v) is 27.0. The van der Waals surface area contributed by atoms with Crippen molar-refractivity contribution in [1.29, 1.82) is 0 Å². The van der Waals surface area contributed by atoms with Gasteiger partial charge in [0.05, 0.1) is 20.9 Å². The van der Waals surface area contributed by atoms with E-state index >= 15 is 0 Å². The molecule has 0 saturated carbocycles. The molecule has 0 radical (unpaired) electrons. The molecule has 5 rings (SSSR count). The smallest absolute Gasteiger partial charge is 0.257 e. The first kappa shape index (κ1) is 33.1. The number of hydrogen-bond donors (Lipinski definition) is 3. The molecule has 0 aliphatic heterocycles. The average Bonchev–Trinajstić information content (AvgIpc) is 3.08. The quantitative estimate of drug-likeness (QED) is 0.0608. The molecule has 0 aliphatic carbocycles. The van der Waals surface area contributed by atoms with E-state index in [1.807, 2.05) is 30.6 Å². The monoisotopic (exact) mass is 665 g/mol. The lowest BCUT2D eigenvalue weighted by atomic mass is 10.1. The van der Waals surface area contributed by atoms with Crippen LogP contribution in [-0.2, 0) is 21.2 Å². The van der Waals surface area contributed by atoms with Crippen LogP contribution >= 0.6 is 11.8 Å². The fraction of sp³-hybridized carbons (Fsp3) is 0.111. The summed E-state index contributed by atoms with van der Waals surface area (Å²) in [5.74, 6) is -0.815. The molecule has 4 N–H and O–H groups in total. The van der Waals surface area contributed by atoms with E-state index in [1.165, 1.54) is 48.5 Å². The second kappa shape index (κ2) is 15.4. The van der Waals surface area contributed by atoms with Crippen LogP contribution in [0.4, 0.5) is 17.1 Å². The summed E-state index contributed by atoms with van der Waals surface area (Å²) in [6.07, 6.45) is 5.98. The molecule has 47 heavy (non-hydrogen) atoms. The zero-order valence-electron chi connectivity index (χ0n) is 25.3. The summed E-state index contributed by atoms with van der Waals surface area (Å²) in [5.41, 5.74) is 7.68. The van der Waals surface area contributed by atoms with Gasteiger partial charge in [0, 0.05) is 46.9 Å². The minimum absolute atomic E-state index is 0.0193. The highest BCUT2D eigenvalue weighted by Crippen LogP contribution is 2.27. The Balaban J connectivity index is 1.17. The summed E-state index contributed by atoms with van der Waals surface area (Å²) in [7, 11) is -3.87. The lowest BCUT2D eigenvalue weighted by Crippen LogP contribution is -2.32. The van der Waals surface area contributed by atoms with Gasteiger partial charge in [0.2, 0.25) is 9.84 Å². The van der Waals surface area contributed by atoms with Crippen LogP contribution in [0.25, 0.3) is 0 Å². The summed E-state index contributed by atoms with van der Waals surface area (Å²) in [5, 5.41) is 5.49. The van der Waals surface area contributed by atoms with Crippen LogP contribution in [0.3, 0.4) is 0 Å². The molecule has 9 nitrogen and oxygen atoms in total. The number of pyridine rings is 1. The summed E-state index contributed by atoms with van der Waals surface area (Å²) < 4.78 is 28.6. The maximum Gasteiger partial charge on any atom is 0.257 e. The van der Waals surface area contributed by atoms with Crippen LogP contribution in [0, 0.1) is 0 Å². The van der Waals surface area contributed by atoms with Gasteiger partial charge in [-0.2, -0.15) is 0 Å². The van der Waals surface area contributed by atoms with Crippen molar-refractivity contribution in [2.45, 2.75) is 40.5 Å². The second-order valence-corrected chi connectivity index (χ2v) is 13.6. The van der Waals surface area contributed by atoms with Gasteiger partial charge in [0.1, 0.15) is 6.54 Å². The van der Waals surface area contributed by atoms with Gasteiger partial charge in [-0.05, 0) is 79.2 Å². The molecule has 0 unspecified atom stereocenters. The number of carbonyl (C=O) groups is 3. The number of carbonyl (C=O) groups excluding carboxylic acids is 3. The van der Waals surface area contributed by atoms with E-state index in [0.29, 0.717) is 39.5 Å².